The molecule has 0 aliphatic heterocycles. The van der Waals surface area contributed by atoms with Crippen molar-refractivity contribution in [3.05, 3.63) is 29.8 Å². The molecule has 1 amide bonds. The quantitative estimate of drug-likeness (QED) is 0.799. The zero-order chi connectivity index (χ0) is 15.8. The molecule has 1 N–H and O–H groups in total. The van der Waals surface area contributed by atoms with Gasteiger partial charge in [0.1, 0.15) is 11.6 Å². The van der Waals surface area contributed by atoms with Gasteiger partial charge < -0.3 is 14.9 Å². The predicted octanol–water partition coefficient (Wildman–Crippen LogP) is 3.15. The van der Waals surface area contributed by atoms with Crippen molar-refractivity contribution < 1.29 is 14.4 Å². The van der Waals surface area contributed by atoms with Crippen LogP contribution in [0.1, 0.15) is 45.6 Å². The van der Waals surface area contributed by atoms with Crippen molar-refractivity contribution in [3.8, 4) is 0 Å². The van der Waals surface area contributed by atoms with E-state index in [1.165, 1.54) is 6.92 Å². The Hall–Kier alpha value is -1.97. The van der Waals surface area contributed by atoms with Crippen molar-refractivity contribution >= 4 is 23.2 Å². The largest absolute Gasteiger partial charge is 0.326 e. The highest BCUT2D eigenvalue weighted by atomic mass is 16.1. The second kappa shape index (κ2) is 8.35. The topological polar surface area (TPSA) is 63.2 Å². The van der Waals surface area contributed by atoms with Crippen molar-refractivity contribution in [3.63, 3.8) is 0 Å². The molecule has 21 heavy (non-hydrogen) atoms. The molecule has 0 heterocycles. The molecule has 4 heteroatoms. The summed E-state index contributed by atoms with van der Waals surface area (Å²) in [6.45, 7) is 4.60. The van der Waals surface area contributed by atoms with Gasteiger partial charge in [-0.1, -0.05) is 12.1 Å². The number of carbonyl (C=O) groups excluding carboxylic acids is 3. The van der Waals surface area contributed by atoms with Crippen molar-refractivity contribution in [1.82, 2.24) is 0 Å². The van der Waals surface area contributed by atoms with Crippen molar-refractivity contribution in [2.45, 2.75) is 46.5 Å². The summed E-state index contributed by atoms with van der Waals surface area (Å²) in [5.74, 6) is 0.283. The lowest BCUT2D eigenvalue weighted by Gasteiger charge is -2.14. The fourth-order valence-corrected chi connectivity index (χ4v) is 2.42. The standard InChI is InChI=1S/C17H23NO3/c1-12(19)10-16(11-13(2)20)5-4-15-6-8-17(9-7-15)18-14(3)21/h6-9,16H,4-5,10-11H2,1-3H3,(H,18,21). The van der Waals surface area contributed by atoms with Crippen LogP contribution in [0.3, 0.4) is 0 Å². The Balaban J connectivity index is 2.56. The summed E-state index contributed by atoms with van der Waals surface area (Å²) >= 11 is 0. The number of amides is 1. The Morgan fingerprint density at radius 3 is 1.90 bits per heavy atom. The van der Waals surface area contributed by atoms with Gasteiger partial charge in [0.15, 0.2) is 0 Å². The molecule has 0 saturated carbocycles. The summed E-state index contributed by atoms with van der Waals surface area (Å²) in [5.41, 5.74) is 1.91. The fourth-order valence-electron chi connectivity index (χ4n) is 2.42. The van der Waals surface area contributed by atoms with Gasteiger partial charge in [0.25, 0.3) is 0 Å². The van der Waals surface area contributed by atoms with E-state index in [-0.39, 0.29) is 23.4 Å². The molecule has 114 valence electrons. The molecule has 4 nitrogen and oxygen atoms in total. The monoisotopic (exact) mass is 289 g/mol. The molecular formula is C17H23NO3. The average molecular weight is 289 g/mol. The summed E-state index contributed by atoms with van der Waals surface area (Å²) in [7, 11) is 0. The van der Waals surface area contributed by atoms with Crippen LogP contribution in [0.4, 0.5) is 5.69 Å². The third kappa shape index (κ3) is 7.40. The highest BCUT2D eigenvalue weighted by Gasteiger charge is 2.13. The summed E-state index contributed by atoms with van der Waals surface area (Å²) in [4.78, 5) is 33.4. The van der Waals surface area contributed by atoms with Crippen molar-refractivity contribution in [2.75, 3.05) is 5.32 Å². The second-order valence-electron chi connectivity index (χ2n) is 5.60. The van der Waals surface area contributed by atoms with Crippen LogP contribution in [-0.2, 0) is 20.8 Å². The van der Waals surface area contributed by atoms with E-state index in [9.17, 15) is 14.4 Å². The number of rotatable bonds is 8. The molecule has 0 unspecified atom stereocenters. The highest BCUT2D eigenvalue weighted by Crippen LogP contribution is 2.19. The molecule has 0 fully saturated rings. The Kier molecular flexibility index (Phi) is 6.79. The molecule has 1 aromatic carbocycles. The Labute approximate surface area is 125 Å². The lowest BCUT2D eigenvalue weighted by molar-refractivity contribution is -0.120. The molecular weight excluding hydrogens is 266 g/mol. The van der Waals surface area contributed by atoms with Crippen molar-refractivity contribution in [1.29, 1.82) is 0 Å². The van der Waals surface area contributed by atoms with Gasteiger partial charge in [-0.15, -0.1) is 0 Å². The van der Waals surface area contributed by atoms with Crippen LogP contribution in [0, 0.1) is 5.92 Å². The van der Waals surface area contributed by atoms with Gasteiger partial charge in [0.2, 0.25) is 5.91 Å². The van der Waals surface area contributed by atoms with Crippen LogP contribution >= 0.6 is 0 Å². The van der Waals surface area contributed by atoms with Crippen LogP contribution in [0.25, 0.3) is 0 Å². The lowest BCUT2D eigenvalue weighted by Crippen LogP contribution is -2.11. The second-order valence-corrected chi connectivity index (χ2v) is 5.60. The number of anilines is 1. The number of ketones is 2. The molecule has 1 aromatic rings. The first-order chi connectivity index (χ1) is 9.86. The van der Waals surface area contributed by atoms with Gasteiger partial charge in [0, 0.05) is 25.5 Å². The third-order valence-electron chi connectivity index (χ3n) is 3.27. The minimum absolute atomic E-state index is 0.0919. The lowest BCUT2D eigenvalue weighted by atomic mass is 9.91. The maximum atomic E-state index is 11.2. The molecule has 0 radical (unpaired) electrons. The number of Topliss-reactive ketones (excluding diaryl/α,β-unsaturated/α-hetero) is 2. The molecule has 0 aromatic heterocycles. The zero-order valence-corrected chi connectivity index (χ0v) is 12.9. The van der Waals surface area contributed by atoms with Gasteiger partial charge in [-0.2, -0.15) is 0 Å². The van der Waals surface area contributed by atoms with E-state index < -0.39 is 0 Å². The number of hydrogen-bond acceptors (Lipinski definition) is 3. The van der Waals surface area contributed by atoms with E-state index in [0.29, 0.717) is 12.8 Å². The molecule has 0 atom stereocenters. The van der Waals surface area contributed by atoms with Gasteiger partial charge in [-0.05, 0) is 50.3 Å². The first-order valence-corrected chi connectivity index (χ1v) is 7.22. The number of aryl methyl sites for hydroxylation is 1. The summed E-state index contributed by atoms with van der Waals surface area (Å²) in [6.07, 6.45) is 2.57. The van der Waals surface area contributed by atoms with E-state index in [0.717, 1.165) is 24.1 Å². The smallest absolute Gasteiger partial charge is 0.221 e. The molecule has 0 saturated heterocycles. The third-order valence-corrected chi connectivity index (χ3v) is 3.27. The Bertz CT molecular complexity index is 489. The molecule has 0 bridgehead atoms. The van der Waals surface area contributed by atoms with Crippen LogP contribution < -0.4 is 5.32 Å². The number of benzene rings is 1. The van der Waals surface area contributed by atoms with Crippen LogP contribution in [0.5, 0.6) is 0 Å². The van der Waals surface area contributed by atoms with Gasteiger partial charge in [0.05, 0.1) is 0 Å². The number of hydrogen-bond donors (Lipinski definition) is 1. The van der Waals surface area contributed by atoms with Crippen molar-refractivity contribution in [2.24, 2.45) is 5.92 Å². The van der Waals surface area contributed by atoms with Crippen LogP contribution in [0.2, 0.25) is 0 Å². The van der Waals surface area contributed by atoms with Gasteiger partial charge in [-0.25, -0.2) is 0 Å². The average Bonchev–Trinajstić information content (AvgIpc) is 2.35. The predicted molar refractivity (Wildman–Crippen MR) is 83.2 cm³/mol. The van der Waals surface area contributed by atoms with Gasteiger partial charge in [-0.3, -0.25) is 4.79 Å². The summed E-state index contributed by atoms with van der Waals surface area (Å²) in [6, 6.07) is 7.65. The van der Waals surface area contributed by atoms with E-state index in [1.807, 2.05) is 24.3 Å². The van der Waals surface area contributed by atoms with Crippen LogP contribution in [-0.4, -0.2) is 17.5 Å². The first kappa shape index (κ1) is 17.1. The summed E-state index contributed by atoms with van der Waals surface area (Å²) in [5, 5.41) is 2.72. The molecule has 0 aliphatic rings. The zero-order valence-electron chi connectivity index (χ0n) is 12.9. The normalized spacial score (nSPS) is 10.5. The maximum absolute atomic E-state index is 11.2. The Morgan fingerprint density at radius 2 is 1.48 bits per heavy atom. The van der Waals surface area contributed by atoms with E-state index in [2.05, 4.69) is 5.32 Å². The van der Waals surface area contributed by atoms with Crippen LogP contribution in [0.15, 0.2) is 24.3 Å². The number of carbonyl (C=O) groups is 3. The van der Waals surface area contributed by atoms with Gasteiger partial charge >= 0.3 is 0 Å². The first-order valence-electron chi connectivity index (χ1n) is 7.22. The molecule has 0 spiro atoms. The maximum Gasteiger partial charge on any atom is 0.221 e. The fraction of sp³-hybridized carbons (Fsp3) is 0.471. The van der Waals surface area contributed by atoms with E-state index >= 15 is 0 Å². The SMILES string of the molecule is CC(=O)CC(CCc1ccc(NC(C)=O)cc1)CC(C)=O. The number of nitrogens with one attached hydrogen (secondary N) is 1. The minimum Gasteiger partial charge on any atom is -0.326 e. The highest BCUT2D eigenvalue weighted by molar-refractivity contribution is 5.88. The Morgan fingerprint density at radius 1 is 0.952 bits per heavy atom. The van der Waals surface area contributed by atoms with E-state index in [4.69, 9.17) is 0 Å². The molecule has 0 aliphatic carbocycles. The summed E-state index contributed by atoms with van der Waals surface area (Å²) < 4.78 is 0. The minimum atomic E-state index is -0.0919. The van der Waals surface area contributed by atoms with E-state index in [1.54, 1.807) is 13.8 Å². The molecule has 1 rings (SSSR count).